The molecular weight excluding hydrogens is 412 g/mol. The summed E-state index contributed by atoms with van der Waals surface area (Å²) < 4.78 is 8.33. The van der Waals surface area contributed by atoms with Crippen molar-refractivity contribution < 1.29 is 4.74 Å². The van der Waals surface area contributed by atoms with E-state index in [-0.39, 0.29) is 0 Å². The first kappa shape index (κ1) is 19.3. The summed E-state index contributed by atoms with van der Waals surface area (Å²) in [6.45, 7) is 1.18. The summed E-state index contributed by atoms with van der Waals surface area (Å²) >= 11 is 0. The lowest BCUT2D eigenvalue weighted by atomic mass is 10.1. The lowest BCUT2D eigenvalue weighted by Gasteiger charge is -2.10. The highest BCUT2D eigenvalue weighted by Crippen LogP contribution is 2.24. The first-order valence-corrected chi connectivity index (χ1v) is 10.8. The van der Waals surface area contributed by atoms with Gasteiger partial charge >= 0.3 is 0 Å². The molecule has 1 aliphatic rings. The summed E-state index contributed by atoms with van der Waals surface area (Å²) in [5.74, 6) is 1.60. The molecule has 162 valence electrons. The molecule has 0 amide bonds. The Kier molecular flexibility index (Phi) is 4.86. The average Bonchev–Trinajstić information content (AvgIpc) is 3.54. The number of hydrazine groups is 2. The van der Waals surface area contributed by atoms with Gasteiger partial charge in [-0.05, 0) is 47.3 Å². The first-order chi connectivity index (χ1) is 16.3. The standard InChI is InChI=1S/C26H22N6O/c1-2-7-24-19(5-1)8-10-22(27-24)17-33-23-11-9-20-12-13-32(25(20)15-23)16-18-4-3-6-21(14-18)26-28-30-31-29-26/h1-15,30-31H,16-17H2,(H,28,29). The molecule has 7 nitrogen and oxygen atoms in total. The highest BCUT2D eigenvalue weighted by molar-refractivity contribution is 5.99. The monoisotopic (exact) mass is 434 g/mol. The Morgan fingerprint density at radius 3 is 2.73 bits per heavy atom. The van der Waals surface area contributed by atoms with E-state index >= 15 is 0 Å². The van der Waals surface area contributed by atoms with Crippen molar-refractivity contribution in [1.29, 1.82) is 0 Å². The van der Waals surface area contributed by atoms with Crippen LogP contribution in [0.15, 0.2) is 96.2 Å². The van der Waals surface area contributed by atoms with Crippen LogP contribution >= 0.6 is 0 Å². The number of nitrogens with zero attached hydrogens (tertiary/aromatic N) is 3. The van der Waals surface area contributed by atoms with Crippen LogP contribution in [-0.2, 0) is 13.2 Å². The quantitative estimate of drug-likeness (QED) is 0.375. The molecule has 3 heterocycles. The number of aromatic nitrogens is 2. The third kappa shape index (κ3) is 3.97. The summed E-state index contributed by atoms with van der Waals surface area (Å²) in [7, 11) is 0. The number of para-hydroxylation sites is 1. The van der Waals surface area contributed by atoms with Crippen LogP contribution in [0.3, 0.4) is 0 Å². The number of hydrogen-bond donors (Lipinski definition) is 3. The number of rotatable bonds is 6. The van der Waals surface area contributed by atoms with Crippen molar-refractivity contribution in [3.8, 4) is 5.75 Å². The topological polar surface area (TPSA) is 75.5 Å². The zero-order chi connectivity index (χ0) is 22.0. The minimum absolute atomic E-state index is 0.427. The van der Waals surface area contributed by atoms with Crippen molar-refractivity contribution in [3.63, 3.8) is 0 Å². The summed E-state index contributed by atoms with van der Waals surface area (Å²) in [4.78, 5) is 4.70. The molecular formula is C26H22N6O. The Morgan fingerprint density at radius 1 is 0.848 bits per heavy atom. The molecule has 1 aliphatic heterocycles. The highest BCUT2D eigenvalue weighted by Gasteiger charge is 2.10. The van der Waals surface area contributed by atoms with Gasteiger partial charge in [-0.2, -0.15) is 0 Å². The second-order valence-electron chi connectivity index (χ2n) is 7.97. The number of hydrogen-bond acceptors (Lipinski definition) is 6. The maximum absolute atomic E-state index is 6.10. The van der Waals surface area contributed by atoms with E-state index in [0.29, 0.717) is 6.61 Å². The van der Waals surface area contributed by atoms with Gasteiger partial charge in [0, 0.05) is 29.8 Å². The van der Waals surface area contributed by atoms with Crippen LogP contribution in [0.25, 0.3) is 21.8 Å². The Hall–Kier alpha value is -4.36. The summed E-state index contributed by atoms with van der Waals surface area (Å²) in [5.41, 5.74) is 13.7. The van der Waals surface area contributed by atoms with Gasteiger partial charge in [-0.25, -0.2) is 10.5 Å². The fourth-order valence-electron chi connectivity index (χ4n) is 4.09. The molecule has 0 aliphatic carbocycles. The van der Waals surface area contributed by atoms with Gasteiger partial charge in [0.25, 0.3) is 0 Å². The van der Waals surface area contributed by atoms with Gasteiger partial charge in [-0.3, -0.25) is 5.43 Å². The summed E-state index contributed by atoms with van der Waals surface area (Å²) in [6, 6.07) is 28.9. The summed E-state index contributed by atoms with van der Waals surface area (Å²) in [5, 5.41) is 6.49. The number of pyridine rings is 1. The molecule has 0 bridgehead atoms. The van der Waals surface area contributed by atoms with Gasteiger partial charge in [0.15, 0.2) is 5.84 Å². The van der Waals surface area contributed by atoms with Crippen molar-refractivity contribution in [2.45, 2.75) is 13.2 Å². The van der Waals surface area contributed by atoms with Crippen molar-refractivity contribution >= 4 is 27.6 Å². The van der Waals surface area contributed by atoms with Gasteiger partial charge < -0.3 is 9.30 Å². The Morgan fingerprint density at radius 2 is 1.79 bits per heavy atom. The molecule has 7 heteroatoms. The predicted molar refractivity (Wildman–Crippen MR) is 130 cm³/mol. The lowest BCUT2D eigenvalue weighted by Crippen LogP contribution is -2.35. The van der Waals surface area contributed by atoms with Crippen LogP contribution < -0.4 is 21.2 Å². The lowest BCUT2D eigenvalue weighted by molar-refractivity contribution is 0.302. The Labute approximate surface area is 190 Å². The van der Waals surface area contributed by atoms with E-state index in [9.17, 15) is 0 Å². The fraction of sp³-hybridized carbons (Fsp3) is 0.0769. The summed E-state index contributed by atoms with van der Waals surface area (Å²) in [6.07, 6.45) is 2.11. The minimum atomic E-state index is 0.427. The molecule has 0 unspecified atom stereocenters. The average molecular weight is 435 g/mol. The van der Waals surface area contributed by atoms with E-state index in [1.54, 1.807) is 0 Å². The number of ether oxygens (including phenoxy) is 1. The smallest absolute Gasteiger partial charge is 0.170 e. The molecule has 5 aromatic rings. The number of fused-ring (bicyclic) bond motifs is 2. The third-order valence-corrected chi connectivity index (χ3v) is 5.75. The van der Waals surface area contributed by atoms with E-state index in [4.69, 9.17) is 9.72 Å². The minimum Gasteiger partial charge on any atom is -0.487 e. The largest absolute Gasteiger partial charge is 0.487 e. The molecule has 33 heavy (non-hydrogen) atoms. The second-order valence-corrected chi connectivity index (χ2v) is 7.97. The molecule has 0 saturated heterocycles. The molecule has 3 N–H and O–H groups in total. The van der Waals surface area contributed by atoms with Crippen molar-refractivity contribution in [2.24, 2.45) is 5.10 Å². The Bertz CT molecular complexity index is 1490. The highest BCUT2D eigenvalue weighted by atomic mass is 16.5. The van der Waals surface area contributed by atoms with Gasteiger partial charge in [0.2, 0.25) is 0 Å². The molecule has 0 fully saturated rings. The third-order valence-electron chi connectivity index (χ3n) is 5.75. The SMILES string of the molecule is c1cc(Cn2ccc3ccc(OCc4ccc5ccccc5n4)cc32)cc(C2=NNNN2)c1. The van der Waals surface area contributed by atoms with Gasteiger partial charge in [-0.1, -0.05) is 42.5 Å². The van der Waals surface area contributed by atoms with Crippen LogP contribution in [-0.4, -0.2) is 15.4 Å². The van der Waals surface area contributed by atoms with E-state index < -0.39 is 0 Å². The van der Waals surface area contributed by atoms with Gasteiger partial charge in [-0.15, -0.1) is 10.6 Å². The van der Waals surface area contributed by atoms with Crippen LogP contribution in [0.2, 0.25) is 0 Å². The van der Waals surface area contributed by atoms with Crippen molar-refractivity contribution in [2.75, 3.05) is 0 Å². The maximum Gasteiger partial charge on any atom is 0.170 e. The molecule has 0 saturated carbocycles. The predicted octanol–water partition coefficient (Wildman–Crippen LogP) is 4.09. The maximum atomic E-state index is 6.10. The second kappa shape index (κ2) is 8.29. The Balaban J connectivity index is 1.22. The van der Waals surface area contributed by atoms with Crippen molar-refractivity contribution in [3.05, 3.63) is 108 Å². The first-order valence-electron chi connectivity index (χ1n) is 10.8. The van der Waals surface area contributed by atoms with Crippen LogP contribution in [0, 0.1) is 0 Å². The molecule has 2 aromatic heterocycles. The van der Waals surface area contributed by atoms with Crippen LogP contribution in [0.4, 0.5) is 0 Å². The fourth-order valence-corrected chi connectivity index (χ4v) is 4.09. The van der Waals surface area contributed by atoms with E-state index in [1.807, 2.05) is 42.5 Å². The number of hydrazone groups is 1. The molecule has 6 rings (SSSR count). The number of benzene rings is 3. The van der Waals surface area contributed by atoms with Crippen molar-refractivity contribution in [1.82, 2.24) is 26.0 Å². The molecule has 0 spiro atoms. The van der Waals surface area contributed by atoms with Crippen LogP contribution in [0.5, 0.6) is 5.75 Å². The van der Waals surface area contributed by atoms with Crippen LogP contribution in [0.1, 0.15) is 16.8 Å². The molecule has 0 atom stereocenters. The van der Waals surface area contributed by atoms with Gasteiger partial charge in [0.1, 0.15) is 12.4 Å². The normalized spacial score (nSPS) is 13.0. The molecule has 0 radical (unpaired) electrons. The van der Waals surface area contributed by atoms with E-state index in [2.05, 4.69) is 74.8 Å². The zero-order valence-corrected chi connectivity index (χ0v) is 17.8. The molecule has 3 aromatic carbocycles. The zero-order valence-electron chi connectivity index (χ0n) is 17.8. The van der Waals surface area contributed by atoms with E-state index in [0.717, 1.165) is 45.8 Å². The number of nitrogens with one attached hydrogen (secondary N) is 3. The van der Waals surface area contributed by atoms with Gasteiger partial charge in [0.05, 0.1) is 16.7 Å². The number of amidine groups is 1. The van der Waals surface area contributed by atoms with E-state index in [1.165, 1.54) is 10.9 Å².